The summed E-state index contributed by atoms with van der Waals surface area (Å²) in [5, 5.41) is 10.4. The van der Waals surface area contributed by atoms with Gasteiger partial charge in [0.15, 0.2) is 13.1 Å². The molecule has 0 fully saturated rings. The lowest BCUT2D eigenvalue weighted by Crippen LogP contribution is -2.35. The smallest absolute Gasteiger partial charge is 0.303 e. The Morgan fingerprint density at radius 1 is 0.931 bits per heavy atom. The molecule has 2 heterocycles. The van der Waals surface area contributed by atoms with Gasteiger partial charge >= 0.3 is 5.97 Å². The number of methoxy groups -OCH3 is 2. The molecule has 0 spiro atoms. The van der Waals surface area contributed by atoms with E-state index in [2.05, 4.69) is 28.8 Å². The summed E-state index contributed by atoms with van der Waals surface area (Å²) in [6, 6.07) is 20.2. The molecule has 0 saturated heterocycles. The number of anilines is 1. The van der Waals surface area contributed by atoms with Gasteiger partial charge in [0.2, 0.25) is 5.36 Å². The van der Waals surface area contributed by atoms with Crippen LogP contribution in [-0.4, -0.2) is 89.8 Å². The van der Waals surface area contributed by atoms with Crippen molar-refractivity contribution >= 4 is 38.0 Å². The van der Waals surface area contributed by atoms with E-state index >= 15 is 0 Å². The fraction of sp³-hybridized carbons (Fsp3) is 0.349. The number of ether oxygens (including phenoxy) is 2. The Morgan fingerprint density at radius 2 is 1.64 bits per heavy atom. The number of rotatable bonds is 19. The van der Waals surface area contributed by atoms with E-state index in [1.54, 1.807) is 37.3 Å². The van der Waals surface area contributed by atoms with Crippen LogP contribution in [0.4, 0.5) is 5.69 Å². The molecule has 13 nitrogen and oxygen atoms in total. The summed E-state index contributed by atoms with van der Waals surface area (Å²) in [6.45, 7) is 6.32. The first-order valence-corrected chi connectivity index (χ1v) is 21.8. The first-order chi connectivity index (χ1) is 27.6. The lowest BCUT2D eigenvalue weighted by molar-refractivity contribution is -0.137. The van der Waals surface area contributed by atoms with Gasteiger partial charge in [0.25, 0.3) is 0 Å². The molecule has 1 unspecified atom stereocenters. The second-order valence-corrected chi connectivity index (χ2v) is 17.2. The van der Waals surface area contributed by atoms with Gasteiger partial charge < -0.3 is 33.0 Å². The van der Waals surface area contributed by atoms with Crippen LogP contribution in [0.2, 0.25) is 0 Å². The van der Waals surface area contributed by atoms with Crippen LogP contribution in [0.3, 0.4) is 0 Å². The van der Waals surface area contributed by atoms with Crippen LogP contribution in [0.25, 0.3) is 28.5 Å². The summed E-state index contributed by atoms with van der Waals surface area (Å²) in [5.41, 5.74) is 4.59. The fourth-order valence-electron chi connectivity index (χ4n) is 7.47. The second kappa shape index (κ2) is 19.2. The molecule has 3 aliphatic rings. The van der Waals surface area contributed by atoms with Gasteiger partial charge in [0.05, 0.1) is 21.1 Å². The van der Waals surface area contributed by atoms with Crippen LogP contribution in [0.5, 0.6) is 0 Å². The minimum Gasteiger partial charge on any atom is -0.748 e. The number of nitrogens with zero attached hydrogens (tertiary/aromatic N) is 2. The standard InChI is InChI=1S/C43H50N2O11S2/c1-31-38(56-39-29-33(44(24-26-54-3)25-27-55-4)18-20-35(39)42(31)32-13-7-5-8-14-32)15-9-6-10-16-40-43(2,22-11-17-41(46)47)36-30-34(58(51,52)53)19-21-37(36)45(40)23-12-28-57(48,49)50/h5-10,13-16,18-21,29-30H,11-12,17,22-28H2,1-4H3,(H2-,46,47,48,49,50,51,52,53)/p-1. The van der Waals surface area contributed by atoms with Crippen LogP contribution in [0, 0.1) is 6.92 Å². The summed E-state index contributed by atoms with van der Waals surface area (Å²) < 4.78 is 90.2. The predicted molar refractivity (Wildman–Crippen MR) is 220 cm³/mol. The van der Waals surface area contributed by atoms with Crippen LogP contribution < -0.4 is 14.8 Å². The third kappa shape index (κ3) is 10.8. The van der Waals surface area contributed by atoms with E-state index in [0.717, 1.165) is 27.6 Å². The Kier molecular flexibility index (Phi) is 14.7. The SMILES string of the molecule is COCC[N+](CCOC)=c1ccc2c(-c3ccccc3)c(C)c(/C=C/C=C/C=C3/N(CCCS(=O)(=O)[O-])c4ccc(S(=O)(=O)[O-])cc4C3(C)CCCC(=O)O)oc-2c1. The molecule has 0 aromatic heterocycles. The van der Waals surface area contributed by atoms with E-state index in [4.69, 9.17) is 13.9 Å². The quantitative estimate of drug-likeness (QED) is 0.0685. The highest BCUT2D eigenvalue weighted by atomic mass is 32.2. The molecular weight excluding hydrogens is 785 g/mol. The van der Waals surface area contributed by atoms with Gasteiger partial charge in [-0.2, -0.15) is 0 Å². The summed E-state index contributed by atoms with van der Waals surface area (Å²) in [6.07, 6.45) is 9.35. The van der Waals surface area contributed by atoms with Gasteiger partial charge in [0, 0.05) is 66.9 Å². The highest BCUT2D eigenvalue weighted by Gasteiger charge is 2.43. The average molecular weight is 834 g/mol. The summed E-state index contributed by atoms with van der Waals surface area (Å²) in [5.74, 6) is -0.308. The van der Waals surface area contributed by atoms with Crippen LogP contribution in [0.15, 0.2) is 106 Å². The molecule has 1 N–H and O–H groups in total. The summed E-state index contributed by atoms with van der Waals surface area (Å²) >= 11 is 0. The van der Waals surface area contributed by atoms with Crippen molar-refractivity contribution in [3.05, 3.63) is 119 Å². The van der Waals surface area contributed by atoms with E-state index in [1.165, 1.54) is 18.2 Å². The van der Waals surface area contributed by atoms with Crippen LogP contribution in [0.1, 0.15) is 49.5 Å². The van der Waals surface area contributed by atoms with Crippen molar-refractivity contribution in [1.82, 2.24) is 4.58 Å². The Balaban J connectivity index is 1.59. The molecule has 5 rings (SSSR count). The average Bonchev–Trinajstić information content (AvgIpc) is 3.40. The van der Waals surface area contributed by atoms with Crippen molar-refractivity contribution in [3.63, 3.8) is 0 Å². The van der Waals surface area contributed by atoms with Gasteiger partial charge in [-0.05, 0) is 86.2 Å². The van der Waals surface area contributed by atoms with E-state index in [9.17, 15) is 35.8 Å². The summed E-state index contributed by atoms with van der Waals surface area (Å²) in [7, 11) is -6.02. The van der Waals surface area contributed by atoms with Gasteiger partial charge in [0.1, 0.15) is 34.9 Å². The molecule has 2 aliphatic heterocycles. The predicted octanol–water partition coefficient (Wildman–Crippen LogP) is 5.75. The molecule has 1 aliphatic carbocycles. The maximum absolute atomic E-state index is 12.1. The molecule has 0 amide bonds. The van der Waals surface area contributed by atoms with Gasteiger partial charge in [-0.3, -0.25) is 4.79 Å². The molecule has 0 radical (unpaired) electrons. The van der Waals surface area contributed by atoms with Crippen molar-refractivity contribution in [1.29, 1.82) is 0 Å². The molecule has 0 saturated carbocycles. The molecule has 58 heavy (non-hydrogen) atoms. The zero-order valence-electron chi connectivity index (χ0n) is 33.0. The third-order valence-corrected chi connectivity index (χ3v) is 11.9. The number of carboxylic acid groups (broad SMARTS) is 1. The zero-order chi connectivity index (χ0) is 42.1. The molecule has 310 valence electrons. The van der Waals surface area contributed by atoms with Gasteiger partial charge in [-0.1, -0.05) is 48.6 Å². The topological polar surface area (TPSA) is 190 Å². The van der Waals surface area contributed by atoms with Crippen molar-refractivity contribution in [2.24, 2.45) is 0 Å². The number of allylic oxidation sites excluding steroid dienone is 5. The van der Waals surface area contributed by atoms with Crippen LogP contribution in [-0.2, 0) is 39.9 Å². The van der Waals surface area contributed by atoms with E-state index in [0.29, 0.717) is 54.8 Å². The highest BCUT2D eigenvalue weighted by Crippen LogP contribution is 2.51. The first-order valence-electron chi connectivity index (χ1n) is 18.8. The monoisotopic (exact) mass is 833 g/mol. The minimum atomic E-state index is -4.83. The molecule has 0 bridgehead atoms. The largest absolute Gasteiger partial charge is 0.748 e. The molecular formula is C43H49N2O11S2-. The van der Waals surface area contributed by atoms with E-state index in [1.807, 2.05) is 50.3 Å². The van der Waals surface area contributed by atoms with Crippen molar-refractivity contribution in [2.75, 3.05) is 57.7 Å². The van der Waals surface area contributed by atoms with Crippen molar-refractivity contribution < 1.29 is 49.7 Å². The number of carboxylic acids is 1. The molecule has 2 aromatic rings. The van der Waals surface area contributed by atoms with Crippen molar-refractivity contribution in [3.8, 4) is 22.5 Å². The molecule has 1 atom stereocenters. The minimum absolute atomic E-state index is 0.0240. The Hall–Kier alpha value is -4.90. The lowest BCUT2D eigenvalue weighted by atomic mass is 9.77. The number of aliphatic carboxylic acids is 1. The molecule has 2 aromatic carbocycles. The number of carbonyl (C=O) groups is 1. The lowest BCUT2D eigenvalue weighted by Gasteiger charge is -2.30. The number of hydrogen-bond acceptors (Lipinski definition) is 11. The maximum Gasteiger partial charge on any atom is 0.303 e. The highest BCUT2D eigenvalue weighted by molar-refractivity contribution is 7.86. The van der Waals surface area contributed by atoms with Crippen LogP contribution >= 0.6 is 0 Å². The van der Waals surface area contributed by atoms with E-state index in [-0.39, 0.29) is 32.2 Å². The van der Waals surface area contributed by atoms with Gasteiger partial charge in [-0.25, -0.2) is 21.4 Å². The Bertz CT molecular complexity index is 2440. The Labute approximate surface area is 340 Å². The van der Waals surface area contributed by atoms with Crippen molar-refractivity contribution in [2.45, 2.75) is 49.8 Å². The first kappa shape index (κ1) is 44.2. The maximum atomic E-state index is 12.1. The number of fused-ring (bicyclic) bond motifs is 2. The fourth-order valence-corrected chi connectivity index (χ4v) is 8.44. The van der Waals surface area contributed by atoms with E-state index < -0.39 is 42.3 Å². The molecule has 15 heteroatoms. The zero-order valence-corrected chi connectivity index (χ0v) is 34.7. The normalized spacial score (nSPS) is 16.6. The third-order valence-electron chi connectivity index (χ3n) is 10.3. The Morgan fingerprint density at radius 3 is 2.28 bits per heavy atom. The second-order valence-electron chi connectivity index (χ2n) is 14.3. The number of benzene rings is 3. The van der Waals surface area contributed by atoms with Gasteiger partial charge in [-0.15, -0.1) is 0 Å². The number of hydrogen-bond donors (Lipinski definition) is 1. The summed E-state index contributed by atoms with van der Waals surface area (Å²) in [4.78, 5) is 12.9.